The van der Waals surface area contributed by atoms with Gasteiger partial charge in [-0.15, -0.1) is 0 Å². The highest BCUT2D eigenvalue weighted by Gasteiger charge is 2.19. The van der Waals surface area contributed by atoms with Gasteiger partial charge in [-0.05, 0) is 83.5 Å². The molecule has 0 aromatic carbocycles. The fraction of sp³-hybridized carbons (Fsp3) is 0.776. The van der Waals surface area contributed by atoms with E-state index in [9.17, 15) is 14.4 Å². The molecule has 0 aliphatic rings. The molecule has 82 heavy (non-hydrogen) atoms. The van der Waals surface area contributed by atoms with Crippen LogP contribution >= 0.6 is 0 Å². The summed E-state index contributed by atoms with van der Waals surface area (Å²) in [6.45, 7) is 6.52. The lowest BCUT2D eigenvalue weighted by Crippen LogP contribution is -2.30. The molecule has 6 nitrogen and oxygen atoms in total. The first kappa shape index (κ1) is 78.6. The topological polar surface area (TPSA) is 78.9 Å². The van der Waals surface area contributed by atoms with Gasteiger partial charge in [0.15, 0.2) is 6.10 Å². The van der Waals surface area contributed by atoms with E-state index < -0.39 is 6.10 Å². The molecule has 0 spiro atoms. The van der Waals surface area contributed by atoms with Crippen LogP contribution in [0.2, 0.25) is 0 Å². The van der Waals surface area contributed by atoms with Gasteiger partial charge in [0, 0.05) is 19.3 Å². The van der Waals surface area contributed by atoms with E-state index in [1.807, 2.05) is 6.08 Å². The van der Waals surface area contributed by atoms with E-state index in [0.29, 0.717) is 19.3 Å². The van der Waals surface area contributed by atoms with Crippen LogP contribution in [0.4, 0.5) is 0 Å². The van der Waals surface area contributed by atoms with E-state index in [1.165, 1.54) is 238 Å². The third kappa shape index (κ3) is 67.4. The molecule has 0 aromatic rings. The summed E-state index contributed by atoms with van der Waals surface area (Å²) in [6, 6.07) is 0. The van der Waals surface area contributed by atoms with Gasteiger partial charge in [-0.1, -0.05) is 343 Å². The van der Waals surface area contributed by atoms with Gasteiger partial charge >= 0.3 is 17.9 Å². The van der Waals surface area contributed by atoms with Crippen LogP contribution in [0.1, 0.15) is 361 Å². The molecular formula is C76H134O6. The van der Waals surface area contributed by atoms with Gasteiger partial charge in [0.25, 0.3) is 0 Å². The maximum Gasteiger partial charge on any atom is 0.306 e. The van der Waals surface area contributed by atoms with Crippen LogP contribution in [0.5, 0.6) is 0 Å². The van der Waals surface area contributed by atoms with Crippen LogP contribution < -0.4 is 0 Å². The average Bonchev–Trinajstić information content (AvgIpc) is 3.47. The summed E-state index contributed by atoms with van der Waals surface area (Å²) in [4.78, 5) is 38.5. The normalized spacial score (nSPS) is 12.6. The number of hydrogen-bond acceptors (Lipinski definition) is 6. The first-order chi connectivity index (χ1) is 40.5. The average molecular weight is 1140 g/mol. The molecule has 0 aliphatic carbocycles. The lowest BCUT2D eigenvalue weighted by molar-refractivity contribution is -0.166. The number of allylic oxidation sites excluding steroid dienone is 14. The predicted molar refractivity (Wildman–Crippen MR) is 358 cm³/mol. The molecule has 0 heterocycles. The Morgan fingerprint density at radius 2 is 0.500 bits per heavy atom. The SMILES string of the molecule is CC/C=C\C/C=C\C/C=C\C/C=C\C/C=C\C/C=C\CCC(=O)OCC(COC(=O)CCCCCCCCCCCCC/C=C\CCCCCCCCCC)OC(=O)CCCCCCCCCCCCCCCCCCCCCCCC. The molecule has 1 atom stereocenters. The van der Waals surface area contributed by atoms with Crippen molar-refractivity contribution in [1.29, 1.82) is 0 Å². The van der Waals surface area contributed by atoms with Crippen molar-refractivity contribution in [3.63, 3.8) is 0 Å². The van der Waals surface area contributed by atoms with Crippen LogP contribution in [0.3, 0.4) is 0 Å². The van der Waals surface area contributed by atoms with Crippen molar-refractivity contribution in [1.82, 2.24) is 0 Å². The van der Waals surface area contributed by atoms with E-state index >= 15 is 0 Å². The Morgan fingerprint density at radius 1 is 0.256 bits per heavy atom. The minimum atomic E-state index is -0.808. The van der Waals surface area contributed by atoms with Crippen molar-refractivity contribution in [3.05, 3.63) is 85.1 Å². The first-order valence-electron chi connectivity index (χ1n) is 35.6. The van der Waals surface area contributed by atoms with E-state index in [4.69, 9.17) is 14.2 Å². The molecule has 0 amide bonds. The number of rotatable bonds is 65. The van der Waals surface area contributed by atoms with Crippen LogP contribution in [0.25, 0.3) is 0 Å². The van der Waals surface area contributed by atoms with Crippen molar-refractivity contribution in [2.24, 2.45) is 0 Å². The fourth-order valence-corrected chi connectivity index (χ4v) is 10.4. The Labute approximate surface area is 509 Å². The Bertz CT molecular complexity index is 1550. The number of ether oxygens (including phenoxy) is 3. The van der Waals surface area contributed by atoms with Gasteiger partial charge in [-0.3, -0.25) is 14.4 Å². The summed E-state index contributed by atoms with van der Waals surface area (Å²) in [5.41, 5.74) is 0. The van der Waals surface area contributed by atoms with Crippen molar-refractivity contribution in [2.75, 3.05) is 13.2 Å². The second-order valence-electron chi connectivity index (χ2n) is 23.8. The van der Waals surface area contributed by atoms with Crippen molar-refractivity contribution < 1.29 is 28.6 Å². The summed E-state index contributed by atoms with van der Waals surface area (Å²) in [6.07, 6.45) is 93.4. The van der Waals surface area contributed by atoms with Crippen LogP contribution in [-0.2, 0) is 28.6 Å². The molecule has 0 saturated heterocycles. The van der Waals surface area contributed by atoms with Crippen LogP contribution in [0.15, 0.2) is 85.1 Å². The largest absolute Gasteiger partial charge is 0.462 e. The molecule has 0 N–H and O–H groups in total. The minimum absolute atomic E-state index is 0.0968. The number of carbonyl (C=O) groups excluding carboxylic acids is 3. The number of hydrogen-bond donors (Lipinski definition) is 0. The minimum Gasteiger partial charge on any atom is -0.462 e. The second kappa shape index (κ2) is 70.1. The van der Waals surface area contributed by atoms with Gasteiger partial charge in [-0.2, -0.15) is 0 Å². The molecule has 0 bridgehead atoms. The molecule has 0 fully saturated rings. The highest BCUT2D eigenvalue weighted by Crippen LogP contribution is 2.18. The molecule has 474 valence electrons. The zero-order chi connectivity index (χ0) is 59.2. The fourth-order valence-electron chi connectivity index (χ4n) is 10.4. The lowest BCUT2D eigenvalue weighted by atomic mass is 10.0. The molecule has 0 aliphatic heterocycles. The molecule has 1 unspecified atom stereocenters. The van der Waals surface area contributed by atoms with E-state index in [1.54, 1.807) is 0 Å². The Morgan fingerprint density at radius 3 is 0.817 bits per heavy atom. The summed E-state index contributed by atoms with van der Waals surface area (Å²) >= 11 is 0. The van der Waals surface area contributed by atoms with Crippen molar-refractivity contribution >= 4 is 17.9 Å². The highest BCUT2D eigenvalue weighted by atomic mass is 16.6. The number of carbonyl (C=O) groups is 3. The van der Waals surface area contributed by atoms with Gasteiger partial charge in [-0.25, -0.2) is 0 Å². The Kier molecular flexibility index (Phi) is 67.2. The van der Waals surface area contributed by atoms with Gasteiger partial charge in [0.2, 0.25) is 0 Å². The van der Waals surface area contributed by atoms with Crippen LogP contribution in [0, 0.1) is 0 Å². The quantitative estimate of drug-likeness (QED) is 0.0261. The second-order valence-corrected chi connectivity index (χ2v) is 23.8. The number of esters is 3. The standard InChI is InChI=1S/C76H134O6/c1-4-7-10-13-16-19-22-25-28-31-34-36-38-40-42-45-48-51-54-57-60-63-66-69-75(78)81-72-73(71-80-74(77)68-65-62-59-56-53-50-47-44-41-33-30-27-24-21-18-15-12-9-6-3)82-76(79)70-67-64-61-58-55-52-49-46-43-39-37-35-32-29-26-23-20-17-14-11-8-5-2/h9,12,18,21,27,30-31,34,41,44,50,53,59,62,73H,4-8,10-11,13-17,19-20,22-26,28-29,32-33,35-40,42-43,45-49,51-52,54-58,60-61,63-72H2,1-3H3/b12-9-,21-18-,30-27-,34-31-,44-41-,53-50-,62-59-. The van der Waals surface area contributed by atoms with Gasteiger partial charge in [0.1, 0.15) is 13.2 Å². The monoisotopic (exact) mass is 1140 g/mol. The Hall–Kier alpha value is -3.41. The molecule has 0 aromatic heterocycles. The maximum atomic E-state index is 13.0. The Balaban J connectivity index is 4.41. The van der Waals surface area contributed by atoms with Crippen molar-refractivity contribution in [3.8, 4) is 0 Å². The van der Waals surface area contributed by atoms with E-state index in [2.05, 4.69) is 99.8 Å². The summed E-state index contributed by atoms with van der Waals surface area (Å²) in [7, 11) is 0. The molecule has 6 heteroatoms. The lowest BCUT2D eigenvalue weighted by Gasteiger charge is -2.18. The zero-order valence-electron chi connectivity index (χ0n) is 54.5. The first-order valence-corrected chi connectivity index (χ1v) is 35.6. The maximum absolute atomic E-state index is 13.0. The third-order valence-corrected chi connectivity index (χ3v) is 15.6. The van der Waals surface area contributed by atoms with E-state index in [-0.39, 0.29) is 37.5 Å². The smallest absolute Gasteiger partial charge is 0.306 e. The highest BCUT2D eigenvalue weighted by molar-refractivity contribution is 5.71. The third-order valence-electron chi connectivity index (χ3n) is 15.6. The van der Waals surface area contributed by atoms with Crippen molar-refractivity contribution in [2.45, 2.75) is 367 Å². The zero-order valence-corrected chi connectivity index (χ0v) is 54.5. The number of unbranched alkanes of at least 4 members (excludes halogenated alkanes) is 40. The molecular weight excluding hydrogens is 1010 g/mol. The summed E-state index contributed by atoms with van der Waals surface area (Å²) < 4.78 is 16.9. The van der Waals surface area contributed by atoms with E-state index in [0.717, 1.165) is 77.0 Å². The van der Waals surface area contributed by atoms with Crippen LogP contribution in [-0.4, -0.2) is 37.2 Å². The van der Waals surface area contributed by atoms with Gasteiger partial charge < -0.3 is 14.2 Å². The molecule has 0 rings (SSSR count). The summed E-state index contributed by atoms with van der Waals surface area (Å²) in [5, 5.41) is 0. The predicted octanol–water partition coefficient (Wildman–Crippen LogP) is 24.6. The molecule has 0 radical (unpaired) electrons. The van der Waals surface area contributed by atoms with Gasteiger partial charge in [0.05, 0.1) is 0 Å². The molecule has 0 saturated carbocycles. The summed E-state index contributed by atoms with van der Waals surface area (Å²) in [5.74, 6) is -0.965.